The van der Waals surface area contributed by atoms with Crippen LogP contribution in [0.4, 0.5) is 0 Å². The van der Waals surface area contributed by atoms with Gasteiger partial charge >= 0.3 is 0 Å². The van der Waals surface area contributed by atoms with Crippen molar-refractivity contribution < 1.29 is 23.8 Å². The highest BCUT2D eigenvalue weighted by Gasteiger charge is 2.43. The minimum Gasteiger partial charge on any atom is -0.497 e. The van der Waals surface area contributed by atoms with Crippen LogP contribution in [0.1, 0.15) is 42.9 Å². The van der Waals surface area contributed by atoms with Gasteiger partial charge in [0.1, 0.15) is 24.7 Å². The summed E-state index contributed by atoms with van der Waals surface area (Å²) in [4.78, 5) is 30.8. The van der Waals surface area contributed by atoms with E-state index in [1.807, 2.05) is 77.4 Å². The molecule has 3 aromatic carbocycles. The predicted molar refractivity (Wildman–Crippen MR) is 180 cm³/mol. The second-order valence-corrected chi connectivity index (χ2v) is 13.0. The van der Waals surface area contributed by atoms with Gasteiger partial charge < -0.3 is 29.3 Å². The quantitative estimate of drug-likeness (QED) is 0.242. The summed E-state index contributed by atoms with van der Waals surface area (Å²) in [6, 6.07) is 19.4. The van der Waals surface area contributed by atoms with Crippen LogP contribution in [0.25, 0.3) is 5.57 Å². The maximum absolute atomic E-state index is 14.6. The van der Waals surface area contributed by atoms with Crippen LogP contribution in [0.3, 0.4) is 0 Å². The molecule has 1 saturated heterocycles. The first-order chi connectivity index (χ1) is 22.2. The molecule has 2 amide bonds. The number of benzene rings is 3. The fraction of sp³-hybridized carbons (Fsp3) is 0.389. The van der Waals surface area contributed by atoms with E-state index in [4.69, 9.17) is 37.4 Å². The molecule has 2 fully saturated rings. The molecule has 2 aliphatic heterocycles. The average molecular weight is 665 g/mol. The molecule has 2 atom stereocenters. The highest BCUT2D eigenvalue weighted by Crippen LogP contribution is 2.38. The first kappa shape index (κ1) is 32.2. The van der Waals surface area contributed by atoms with E-state index in [0.717, 1.165) is 46.4 Å². The van der Waals surface area contributed by atoms with E-state index in [0.29, 0.717) is 54.2 Å². The Bertz CT molecular complexity index is 1620. The number of carbonyl (C=O) groups is 2. The molecular formula is C36H39Cl2N3O5. The van der Waals surface area contributed by atoms with Gasteiger partial charge in [-0.3, -0.25) is 9.59 Å². The Kier molecular flexibility index (Phi) is 9.78. The maximum Gasteiger partial charge on any atom is 0.252 e. The minimum atomic E-state index is -0.251. The van der Waals surface area contributed by atoms with E-state index < -0.39 is 0 Å². The number of hydrogen-bond donors (Lipinski definition) is 1. The van der Waals surface area contributed by atoms with Gasteiger partial charge in [0.25, 0.3) is 5.91 Å². The zero-order valence-corrected chi connectivity index (χ0v) is 27.9. The first-order valence-corrected chi connectivity index (χ1v) is 16.5. The zero-order valence-electron chi connectivity index (χ0n) is 26.4. The third-order valence-corrected chi connectivity index (χ3v) is 9.32. The molecule has 46 heavy (non-hydrogen) atoms. The van der Waals surface area contributed by atoms with Crippen molar-refractivity contribution in [1.82, 2.24) is 15.1 Å². The van der Waals surface area contributed by atoms with Crippen LogP contribution in [0.2, 0.25) is 10.0 Å². The first-order valence-electron chi connectivity index (χ1n) is 15.7. The van der Waals surface area contributed by atoms with Crippen LogP contribution >= 0.6 is 23.2 Å². The number of piperazine rings is 1. The number of fused-ring (bicyclic) bond motifs is 2. The van der Waals surface area contributed by atoms with Crippen molar-refractivity contribution in [2.75, 3.05) is 33.4 Å². The van der Waals surface area contributed by atoms with Crippen LogP contribution in [0.5, 0.6) is 17.2 Å². The van der Waals surface area contributed by atoms with E-state index in [1.165, 1.54) is 0 Å². The van der Waals surface area contributed by atoms with Crippen molar-refractivity contribution in [3.05, 3.63) is 93.0 Å². The van der Waals surface area contributed by atoms with Gasteiger partial charge in [0.2, 0.25) is 5.91 Å². The number of nitrogens with one attached hydrogen (secondary N) is 1. The number of hydrogen-bond acceptors (Lipinski definition) is 6. The lowest BCUT2D eigenvalue weighted by molar-refractivity contribution is -0.132. The average Bonchev–Trinajstić information content (AvgIpc) is 3.88. The second kappa shape index (κ2) is 14.0. The summed E-state index contributed by atoms with van der Waals surface area (Å²) in [5.74, 6) is 1.95. The zero-order chi connectivity index (χ0) is 32.4. The van der Waals surface area contributed by atoms with Crippen molar-refractivity contribution in [2.24, 2.45) is 0 Å². The summed E-state index contributed by atoms with van der Waals surface area (Å²) >= 11 is 12.6. The highest BCUT2D eigenvalue weighted by molar-refractivity contribution is 6.37. The molecule has 0 spiro atoms. The molecule has 0 radical (unpaired) electrons. The molecule has 6 rings (SSSR count). The number of rotatable bonds is 11. The van der Waals surface area contributed by atoms with Crippen molar-refractivity contribution in [2.45, 2.75) is 57.8 Å². The van der Waals surface area contributed by atoms with Crippen LogP contribution in [0.15, 0.2) is 66.2 Å². The number of methoxy groups -OCH3 is 1. The molecule has 8 nitrogen and oxygen atoms in total. The van der Waals surface area contributed by atoms with Crippen molar-refractivity contribution in [1.29, 1.82) is 0 Å². The standard InChI is InChI=1S/C36H39Cl2N3O5/c1-22-15-31(37)35(32(38)16-22)46-14-13-45-28-11-7-25(8-12-28)30-18-26-20-40(23(2)42)21-33(39-26)34(30)36(43)41(27-9-10-27)19-24-5-4-6-29(17-24)44-3/h4-8,11-12,15-17,26-27,33,39H,9-10,13-14,18-21H2,1-3H3. The summed E-state index contributed by atoms with van der Waals surface area (Å²) in [5.41, 5.74) is 4.73. The third-order valence-electron chi connectivity index (χ3n) is 8.76. The fourth-order valence-corrected chi connectivity index (χ4v) is 7.08. The molecule has 10 heteroatoms. The van der Waals surface area contributed by atoms with E-state index >= 15 is 0 Å². The molecule has 2 bridgehead atoms. The molecule has 1 aliphatic carbocycles. The molecule has 1 N–H and O–H groups in total. The Morgan fingerprint density at radius 3 is 2.35 bits per heavy atom. The largest absolute Gasteiger partial charge is 0.497 e. The molecule has 242 valence electrons. The molecule has 3 aliphatic rings. The fourth-order valence-electron chi connectivity index (χ4n) is 6.38. The molecule has 3 aromatic rings. The van der Waals surface area contributed by atoms with Crippen LogP contribution in [-0.2, 0) is 16.1 Å². The minimum absolute atomic E-state index is 0.0209. The van der Waals surface area contributed by atoms with Gasteiger partial charge in [-0.1, -0.05) is 47.5 Å². The summed E-state index contributed by atoms with van der Waals surface area (Å²) < 4.78 is 17.2. The summed E-state index contributed by atoms with van der Waals surface area (Å²) in [7, 11) is 1.65. The van der Waals surface area contributed by atoms with Gasteiger partial charge in [0.05, 0.1) is 23.2 Å². The normalized spacial score (nSPS) is 19.1. The van der Waals surface area contributed by atoms with Crippen LogP contribution in [0, 0.1) is 6.92 Å². The number of amides is 2. The summed E-state index contributed by atoms with van der Waals surface area (Å²) in [5, 5.41) is 4.59. The van der Waals surface area contributed by atoms with Crippen molar-refractivity contribution in [3.8, 4) is 17.2 Å². The number of halogens is 2. The number of carbonyl (C=O) groups excluding carboxylic acids is 2. The lowest BCUT2D eigenvalue weighted by Crippen LogP contribution is -2.61. The van der Waals surface area contributed by atoms with Gasteiger partial charge in [0, 0.05) is 44.2 Å². The SMILES string of the molecule is COc1cccc(CN(C(=O)C2=C(c3ccc(OCCOc4c(Cl)cc(C)cc4Cl)cc3)CC3CN(C(C)=O)CC2N3)C2CC2)c1. The van der Waals surface area contributed by atoms with Gasteiger partial charge in [0.15, 0.2) is 5.75 Å². The van der Waals surface area contributed by atoms with E-state index in [9.17, 15) is 9.59 Å². The maximum atomic E-state index is 14.6. The molecule has 1 saturated carbocycles. The molecule has 2 unspecified atom stereocenters. The Morgan fingerprint density at radius 2 is 1.67 bits per heavy atom. The van der Waals surface area contributed by atoms with Crippen LogP contribution < -0.4 is 19.5 Å². The number of aryl methyl sites for hydroxylation is 1. The Balaban J connectivity index is 1.22. The van der Waals surface area contributed by atoms with E-state index in [-0.39, 0.29) is 36.5 Å². The van der Waals surface area contributed by atoms with Gasteiger partial charge in [-0.25, -0.2) is 0 Å². The Morgan fingerprint density at radius 1 is 0.957 bits per heavy atom. The highest BCUT2D eigenvalue weighted by atomic mass is 35.5. The lowest BCUT2D eigenvalue weighted by Gasteiger charge is -2.44. The van der Waals surface area contributed by atoms with E-state index in [1.54, 1.807) is 14.0 Å². The van der Waals surface area contributed by atoms with Gasteiger partial charge in [-0.15, -0.1) is 0 Å². The van der Waals surface area contributed by atoms with Gasteiger partial charge in [-0.05, 0) is 84.8 Å². The smallest absolute Gasteiger partial charge is 0.252 e. The molecule has 2 heterocycles. The van der Waals surface area contributed by atoms with Crippen molar-refractivity contribution >= 4 is 40.6 Å². The Hall–Kier alpha value is -3.72. The Labute approximate surface area is 280 Å². The molecule has 0 aromatic heterocycles. The third kappa shape index (κ3) is 7.30. The molecular weight excluding hydrogens is 625 g/mol. The number of nitrogens with zero attached hydrogens (tertiary/aromatic N) is 2. The monoisotopic (exact) mass is 663 g/mol. The lowest BCUT2D eigenvalue weighted by atomic mass is 9.82. The topological polar surface area (TPSA) is 80.3 Å². The van der Waals surface area contributed by atoms with Gasteiger partial charge in [-0.2, -0.15) is 0 Å². The number of ether oxygens (including phenoxy) is 3. The van der Waals surface area contributed by atoms with Crippen LogP contribution in [-0.4, -0.2) is 73.2 Å². The summed E-state index contributed by atoms with van der Waals surface area (Å²) in [6.07, 6.45) is 2.61. The summed E-state index contributed by atoms with van der Waals surface area (Å²) in [6.45, 7) is 5.68. The van der Waals surface area contributed by atoms with Crippen molar-refractivity contribution in [3.63, 3.8) is 0 Å². The second-order valence-electron chi connectivity index (χ2n) is 12.2. The predicted octanol–water partition coefficient (Wildman–Crippen LogP) is 6.31. The van der Waals surface area contributed by atoms with E-state index in [2.05, 4.69) is 5.32 Å².